The van der Waals surface area contributed by atoms with Crippen LogP contribution in [0.25, 0.3) is 11.3 Å². The second kappa shape index (κ2) is 10.2. The van der Waals surface area contributed by atoms with E-state index in [-0.39, 0.29) is 5.82 Å². The number of hydrogen-bond acceptors (Lipinski definition) is 4. The molecule has 6 heteroatoms. The Hall–Kier alpha value is -3.44. The molecular formula is C28H25ClFN3O. The monoisotopic (exact) mass is 473 g/mol. The summed E-state index contributed by atoms with van der Waals surface area (Å²) in [4.78, 5) is 11.0. The summed E-state index contributed by atoms with van der Waals surface area (Å²) >= 11 is 6.01. The Morgan fingerprint density at radius 3 is 2.44 bits per heavy atom. The largest absolute Gasteiger partial charge is 0.472 e. The van der Waals surface area contributed by atoms with Crippen molar-refractivity contribution in [2.75, 3.05) is 18.0 Å². The van der Waals surface area contributed by atoms with E-state index < -0.39 is 0 Å². The Balaban J connectivity index is 1.29. The molecule has 3 heterocycles. The standard InChI is InChI=1S/C28H25ClFN3O/c29-23-10-8-21(9-11-23)22-12-15-33(16-13-22)27-18-32-26(17-25(27)30)24-7-4-14-31-28(24)34-19-20-5-2-1-3-6-20/h1-11,14,17-18,22H,12-13,15-16,19H2. The molecule has 4 aromatic rings. The molecule has 0 unspecified atom stereocenters. The maximum absolute atomic E-state index is 15.2. The van der Waals surface area contributed by atoms with Crippen molar-refractivity contribution >= 4 is 17.3 Å². The summed E-state index contributed by atoms with van der Waals surface area (Å²) in [6, 6.07) is 23.1. The van der Waals surface area contributed by atoms with Gasteiger partial charge in [0, 0.05) is 30.4 Å². The average molecular weight is 474 g/mol. The first kappa shape index (κ1) is 22.4. The normalized spacial score (nSPS) is 14.2. The molecule has 5 rings (SSSR count). The molecule has 0 aliphatic carbocycles. The summed E-state index contributed by atoms with van der Waals surface area (Å²) in [5.41, 5.74) is 4.04. The van der Waals surface area contributed by atoms with Gasteiger partial charge in [-0.05, 0) is 54.2 Å². The number of nitrogens with zero attached hydrogens (tertiary/aromatic N) is 3. The first-order valence-electron chi connectivity index (χ1n) is 11.5. The van der Waals surface area contributed by atoms with Crippen molar-refractivity contribution in [1.29, 1.82) is 0 Å². The van der Waals surface area contributed by atoms with Gasteiger partial charge in [0.15, 0.2) is 0 Å². The number of hydrogen-bond donors (Lipinski definition) is 0. The van der Waals surface area contributed by atoms with Gasteiger partial charge in [0.25, 0.3) is 0 Å². The summed E-state index contributed by atoms with van der Waals surface area (Å²) in [6.07, 6.45) is 5.21. The fraction of sp³-hybridized carbons (Fsp3) is 0.214. The van der Waals surface area contributed by atoms with Crippen LogP contribution in [0.5, 0.6) is 5.88 Å². The van der Waals surface area contributed by atoms with Gasteiger partial charge in [0.05, 0.1) is 23.1 Å². The Kier molecular flexibility index (Phi) is 6.72. The van der Waals surface area contributed by atoms with Gasteiger partial charge in [-0.15, -0.1) is 0 Å². The number of anilines is 1. The summed E-state index contributed by atoms with van der Waals surface area (Å²) in [5.74, 6) is 0.617. The highest BCUT2D eigenvalue weighted by molar-refractivity contribution is 6.30. The van der Waals surface area contributed by atoms with Gasteiger partial charge in [0.1, 0.15) is 12.4 Å². The van der Waals surface area contributed by atoms with Crippen LogP contribution in [0.15, 0.2) is 85.2 Å². The van der Waals surface area contributed by atoms with Gasteiger partial charge in [-0.1, -0.05) is 54.1 Å². The molecular weight excluding hydrogens is 449 g/mol. The molecule has 4 nitrogen and oxygen atoms in total. The van der Waals surface area contributed by atoms with Crippen LogP contribution in [-0.2, 0) is 6.61 Å². The van der Waals surface area contributed by atoms with Crippen LogP contribution < -0.4 is 9.64 Å². The molecule has 2 aromatic carbocycles. The highest BCUT2D eigenvalue weighted by atomic mass is 35.5. The number of benzene rings is 2. The van der Waals surface area contributed by atoms with E-state index in [9.17, 15) is 0 Å². The van der Waals surface area contributed by atoms with Gasteiger partial charge < -0.3 is 9.64 Å². The van der Waals surface area contributed by atoms with E-state index in [0.717, 1.165) is 36.5 Å². The van der Waals surface area contributed by atoms with E-state index in [1.807, 2.05) is 48.5 Å². The van der Waals surface area contributed by atoms with Crippen molar-refractivity contribution in [3.05, 3.63) is 107 Å². The van der Waals surface area contributed by atoms with Gasteiger partial charge >= 0.3 is 0 Å². The molecule has 2 aromatic heterocycles. The van der Waals surface area contributed by atoms with Crippen LogP contribution in [-0.4, -0.2) is 23.1 Å². The third-order valence-corrected chi connectivity index (χ3v) is 6.53. The maximum atomic E-state index is 15.2. The van der Waals surface area contributed by atoms with Crippen molar-refractivity contribution in [2.24, 2.45) is 0 Å². The molecule has 0 radical (unpaired) electrons. The lowest BCUT2D eigenvalue weighted by Gasteiger charge is -2.34. The Labute approximate surface area is 204 Å². The van der Waals surface area contributed by atoms with Crippen molar-refractivity contribution in [1.82, 2.24) is 9.97 Å². The van der Waals surface area contributed by atoms with Crippen LogP contribution >= 0.6 is 11.6 Å². The smallest absolute Gasteiger partial charge is 0.223 e. The highest BCUT2D eigenvalue weighted by Gasteiger charge is 2.23. The molecule has 34 heavy (non-hydrogen) atoms. The van der Waals surface area contributed by atoms with E-state index in [1.165, 1.54) is 11.6 Å². The van der Waals surface area contributed by atoms with Crippen molar-refractivity contribution in [3.63, 3.8) is 0 Å². The molecule has 0 spiro atoms. The number of piperidine rings is 1. The van der Waals surface area contributed by atoms with Gasteiger partial charge in [-0.2, -0.15) is 0 Å². The third-order valence-electron chi connectivity index (χ3n) is 6.28. The maximum Gasteiger partial charge on any atom is 0.223 e. The Morgan fingerprint density at radius 1 is 0.941 bits per heavy atom. The molecule has 172 valence electrons. The van der Waals surface area contributed by atoms with Crippen LogP contribution in [0.4, 0.5) is 10.1 Å². The van der Waals surface area contributed by atoms with Crippen molar-refractivity contribution in [2.45, 2.75) is 25.4 Å². The lowest BCUT2D eigenvalue weighted by Crippen LogP contribution is -2.33. The van der Waals surface area contributed by atoms with Crippen LogP contribution in [0.2, 0.25) is 5.02 Å². The van der Waals surface area contributed by atoms with E-state index in [1.54, 1.807) is 18.5 Å². The van der Waals surface area contributed by atoms with Crippen molar-refractivity contribution in [3.8, 4) is 17.1 Å². The Morgan fingerprint density at radius 2 is 1.71 bits per heavy atom. The van der Waals surface area contributed by atoms with Gasteiger partial charge in [-0.25, -0.2) is 9.37 Å². The zero-order valence-electron chi connectivity index (χ0n) is 18.7. The molecule has 0 saturated carbocycles. The minimum Gasteiger partial charge on any atom is -0.472 e. The predicted molar refractivity (Wildman–Crippen MR) is 134 cm³/mol. The zero-order chi connectivity index (χ0) is 23.3. The van der Waals surface area contributed by atoms with Gasteiger partial charge in [-0.3, -0.25) is 4.98 Å². The van der Waals surface area contributed by atoms with E-state index >= 15 is 4.39 Å². The molecule has 1 aliphatic rings. The van der Waals surface area contributed by atoms with E-state index in [4.69, 9.17) is 16.3 Å². The summed E-state index contributed by atoms with van der Waals surface area (Å²) in [5, 5.41) is 0.747. The number of ether oxygens (including phenoxy) is 1. The first-order valence-corrected chi connectivity index (χ1v) is 11.8. The van der Waals surface area contributed by atoms with Crippen molar-refractivity contribution < 1.29 is 9.13 Å². The predicted octanol–water partition coefficient (Wildman–Crippen LogP) is 6.90. The number of halogens is 2. The molecule has 1 saturated heterocycles. The first-order chi connectivity index (χ1) is 16.7. The minimum absolute atomic E-state index is 0.284. The summed E-state index contributed by atoms with van der Waals surface area (Å²) in [6.45, 7) is 1.95. The number of aromatic nitrogens is 2. The lowest BCUT2D eigenvalue weighted by molar-refractivity contribution is 0.295. The van der Waals surface area contributed by atoms with E-state index in [2.05, 4.69) is 27.0 Å². The molecule has 0 amide bonds. The van der Waals surface area contributed by atoms with Crippen LogP contribution in [0, 0.1) is 5.82 Å². The minimum atomic E-state index is -0.284. The van der Waals surface area contributed by atoms with Crippen LogP contribution in [0.1, 0.15) is 29.9 Å². The third kappa shape index (κ3) is 5.05. The fourth-order valence-electron chi connectivity index (χ4n) is 4.42. The second-order valence-electron chi connectivity index (χ2n) is 8.46. The zero-order valence-corrected chi connectivity index (χ0v) is 19.5. The fourth-order valence-corrected chi connectivity index (χ4v) is 4.54. The molecule has 1 aliphatic heterocycles. The number of rotatable bonds is 6. The lowest BCUT2D eigenvalue weighted by atomic mass is 9.89. The topological polar surface area (TPSA) is 38.3 Å². The summed E-state index contributed by atoms with van der Waals surface area (Å²) < 4.78 is 21.1. The summed E-state index contributed by atoms with van der Waals surface area (Å²) in [7, 11) is 0. The molecule has 0 N–H and O–H groups in total. The van der Waals surface area contributed by atoms with E-state index in [0.29, 0.717) is 35.3 Å². The average Bonchev–Trinajstić information content (AvgIpc) is 2.89. The quantitative estimate of drug-likeness (QED) is 0.305. The van der Waals surface area contributed by atoms with Crippen LogP contribution in [0.3, 0.4) is 0 Å². The Bertz CT molecular complexity index is 1240. The molecule has 1 fully saturated rings. The molecule has 0 bridgehead atoms. The SMILES string of the molecule is Fc1cc(-c2cccnc2OCc2ccccc2)ncc1N1CCC(c2ccc(Cl)cc2)CC1. The number of pyridine rings is 2. The second-order valence-corrected chi connectivity index (χ2v) is 8.90. The molecule has 0 atom stereocenters. The van der Waals surface area contributed by atoms with Gasteiger partial charge in [0.2, 0.25) is 5.88 Å². The highest BCUT2D eigenvalue weighted by Crippen LogP contribution is 2.34.